The number of alkyl halides is 2. The third-order valence-electron chi connectivity index (χ3n) is 1.83. The van der Waals surface area contributed by atoms with Gasteiger partial charge in [-0.2, -0.15) is 0 Å². The molecule has 2 N–H and O–H groups in total. The fourth-order valence-electron chi connectivity index (χ4n) is 1.00. The molecule has 1 aromatic rings. The Kier molecular flexibility index (Phi) is 5.59. The summed E-state index contributed by atoms with van der Waals surface area (Å²) >= 11 is 7.80. The Hall–Kier alpha value is -0.000000000000000111. The first-order valence-corrected chi connectivity index (χ1v) is 6.45. The number of aliphatic hydroxyl groups is 1. The van der Waals surface area contributed by atoms with E-state index in [1.807, 2.05) is 12.1 Å². The van der Waals surface area contributed by atoms with E-state index in [1.54, 1.807) is 0 Å². The smallest absolute Gasteiger partial charge is 0.0847 e. The maximum absolute atomic E-state index is 9.22. The normalized spacial score (nSPS) is 12.5. The predicted molar refractivity (Wildman–Crippen MR) is 69.4 cm³/mol. The van der Waals surface area contributed by atoms with Gasteiger partial charge in [0, 0.05) is 16.7 Å². The number of benzene rings is 1. The van der Waals surface area contributed by atoms with E-state index in [9.17, 15) is 5.11 Å². The van der Waals surface area contributed by atoms with Gasteiger partial charge in [-0.3, -0.25) is 0 Å². The van der Waals surface area contributed by atoms with Gasteiger partial charge in [-0.25, -0.2) is 0 Å². The van der Waals surface area contributed by atoms with Crippen molar-refractivity contribution in [1.82, 2.24) is 0 Å². The zero-order valence-electron chi connectivity index (χ0n) is 7.71. The second kappa shape index (κ2) is 6.48. The van der Waals surface area contributed by atoms with Crippen LogP contribution >= 0.6 is 34.2 Å². The number of halogens is 2. The number of aliphatic hydroxyl groups excluding tert-OH is 1. The molecule has 0 spiro atoms. The molecule has 0 aliphatic heterocycles. The summed E-state index contributed by atoms with van der Waals surface area (Å²) in [5.74, 6) is 0.263. The largest absolute Gasteiger partial charge is 0.390 e. The average molecular weight is 326 g/mol. The summed E-state index contributed by atoms with van der Waals surface area (Å²) in [5, 5.41) is 12.3. The Morgan fingerprint density at radius 3 is 2.50 bits per heavy atom. The van der Waals surface area contributed by atoms with Crippen molar-refractivity contribution < 1.29 is 5.11 Å². The van der Waals surface area contributed by atoms with Crippen LogP contribution in [0, 0.1) is 0 Å². The monoisotopic (exact) mass is 325 g/mol. The van der Waals surface area contributed by atoms with E-state index >= 15 is 0 Å². The molecule has 0 saturated carbocycles. The van der Waals surface area contributed by atoms with Crippen molar-refractivity contribution in [2.75, 3.05) is 17.7 Å². The highest BCUT2D eigenvalue weighted by atomic mass is 127. The molecule has 0 heterocycles. The Morgan fingerprint density at radius 2 is 2.00 bits per heavy atom. The van der Waals surface area contributed by atoms with Gasteiger partial charge in [0.2, 0.25) is 0 Å². The fourth-order valence-corrected chi connectivity index (χ4v) is 1.62. The Labute approximate surface area is 103 Å². The Balaban J connectivity index is 2.43. The molecular weight excluding hydrogens is 312 g/mol. The molecule has 2 nitrogen and oxygen atoms in total. The molecule has 1 rings (SSSR count). The van der Waals surface area contributed by atoms with Crippen LogP contribution in [-0.4, -0.2) is 23.6 Å². The lowest BCUT2D eigenvalue weighted by Crippen LogP contribution is -2.20. The van der Waals surface area contributed by atoms with Crippen LogP contribution < -0.4 is 5.32 Å². The summed E-state index contributed by atoms with van der Waals surface area (Å²) in [4.78, 5) is 0. The highest BCUT2D eigenvalue weighted by Gasteiger charge is 2.00. The molecule has 1 aromatic carbocycles. The van der Waals surface area contributed by atoms with Gasteiger partial charge >= 0.3 is 0 Å². The van der Waals surface area contributed by atoms with Crippen LogP contribution in [0.4, 0.5) is 5.69 Å². The van der Waals surface area contributed by atoms with E-state index in [4.69, 9.17) is 11.6 Å². The van der Waals surface area contributed by atoms with Gasteiger partial charge in [-0.1, -0.05) is 34.7 Å². The Bertz CT molecular complexity index is 265. The molecular formula is C10H13ClINO. The van der Waals surface area contributed by atoms with E-state index in [0.717, 1.165) is 10.1 Å². The predicted octanol–water partition coefficient (Wildman–Crippen LogP) is 2.63. The number of hydrogen-bond acceptors (Lipinski definition) is 2. The van der Waals surface area contributed by atoms with Crippen LogP contribution in [0.5, 0.6) is 0 Å². The highest BCUT2D eigenvalue weighted by molar-refractivity contribution is 14.1. The molecule has 0 radical (unpaired) electrons. The second-order valence-electron chi connectivity index (χ2n) is 3.02. The van der Waals surface area contributed by atoms with Crippen LogP contribution in [0.15, 0.2) is 24.3 Å². The number of rotatable bonds is 5. The molecule has 1 unspecified atom stereocenters. The van der Waals surface area contributed by atoms with Gasteiger partial charge in [0.25, 0.3) is 0 Å². The van der Waals surface area contributed by atoms with Gasteiger partial charge in [-0.05, 0) is 17.7 Å². The van der Waals surface area contributed by atoms with Gasteiger partial charge in [0.1, 0.15) is 0 Å². The van der Waals surface area contributed by atoms with Crippen molar-refractivity contribution in [3.05, 3.63) is 29.8 Å². The van der Waals surface area contributed by atoms with Crippen LogP contribution in [0.1, 0.15) is 5.56 Å². The molecule has 0 fully saturated rings. The third kappa shape index (κ3) is 4.02. The summed E-state index contributed by atoms with van der Waals surface area (Å²) in [5.41, 5.74) is 2.32. The highest BCUT2D eigenvalue weighted by Crippen LogP contribution is 2.11. The molecule has 0 amide bonds. The van der Waals surface area contributed by atoms with E-state index in [-0.39, 0.29) is 5.88 Å². The van der Waals surface area contributed by atoms with Crippen molar-refractivity contribution in [2.45, 2.75) is 10.5 Å². The first kappa shape index (κ1) is 12.1. The maximum atomic E-state index is 9.22. The standard InChI is InChI=1S/C10H13ClINO/c11-5-10(14)7-13-9-3-1-8(6-12)2-4-9/h1-4,10,13-14H,5-7H2. The van der Waals surface area contributed by atoms with Gasteiger partial charge in [-0.15, -0.1) is 11.6 Å². The minimum atomic E-state index is -0.485. The molecule has 78 valence electrons. The topological polar surface area (TPSA) is 32.3 Å². The van der Waals surface area contributed by atoms with E-state index in [2.05, 4.69) is 40.0 Å². The average Bonchev–Trinajstić information content (AvgIpc) is 2.26. The van der Waals surface area contributed by atoms with Gasteiger partial charge < -0.3 is 10.4 Å². The van der Waals surface area contributed by atoms with Gasteiger partial charge in [0.05, 0.1) is 12.0 Å². The van der Waals surface area contributed by atoms with E-state index < -0.39 is 6.10 Å². The lowest BCUT2D eigenvalue weighted by Gasteiger charge is -2.09. The summed E-state index contributed by atoms with van der Waals surface area (Å²) in [6, 6.07) is 8.16. The maximum Gasteiger partial charge on any atom is 0.0847 e. The van der Waals surface area contributed by atoms with Crippen molar-refractivity contribution >= 4 is 39.9 Å². The molecule has 0 aromatic heterocycles. The molecule has 0 aliphatic rings. The third-order valence-corrected chi connectivity index (χ3v) is 3.07. The number of anilines is 1. The number of hydrogen-bond donors (Lipinski definition) is 2. The quantitative estimate of drug-likeness (QED) is 0.644. The minimum absolute atomic E-state index is 0.263. The molecule has 0 bridgehead atoms. The van der Waals surface area contributed by atoms with Crippen molar-refractivity contribution in [1.29, 1.82) is 0 Å². The Morgan fingerprint density at radius 1 is 1.36 bits per heavy atom. The summed E-state index contributed by atoms with van der Waals surface area (Å²) in [6.45, 7) is 0.493. The first-order valence-electron chi connectivity index (χ1n) is 4.39. The van der Waals surface area contributed by atoms with Crippen LogP contribution in [0.25, 0.3) is 0 Å². The van der Waals surface area contributed by atoms with Crippen LogP contribution in [-0.2, 0) is 4.43 Å². The van der Waals surface area contributed by atoms with Crippen LogP contribution in [0.2, 0.25) is 0 Å². The van der Waals surface area contributed by atoms with Crippen molar-refractivity contribution in [2.24, 2.45) is 0 Å². The molecule has 0 saturated heterocycles. The fraction of sp³-hybridized carbons (Fsp3) is 0.400. The SMILES string of the molecule is OC(CCl)CNc1ccc(CI)cc1. The van der Waals surface area contributed by atoms with Crippen molar-refractivity contribution in [3.63, 3.8) is 0 Å². The van der Waals surface area contributed by atoms with Gasteiger partial charge in [0.15, 0.2) is 0 Å². The lowest BCUT2D eigenvalue weighted by atomic mass is 10.2. The summed E-state index contributed by atoms with van der Waals surface area (Å²) in [6.07, 6.45) is -0.485. The zero-order valence-corrected chi connectivity index (χ0v) is 10.6. The minimum Gasteiger partial charge on any atom is -0.390 e. The second-order valence-corrected chi connectivity index (χ2v) is 4.09. The zero-order chi connectivity index (χ0) is 10.4. The molecule has 14 heavy (non-hydrogen) atoms. The summed E-state index contributed by atoms with van der Waals surface area (Å²) < 4.78 is 1.02. The summed E-state index contributed by atoms with van der Waals surface area (Å²) in [7, 11) is 0. The number of nitrogens with one attached hydrogen (secondary N) is 1. The van der Waals surface area contributed by atoms with E-state index in [0.29, 0.717) is 6.54 Å². The molecule has 4 heteroatoms. The molecule has 1 atom stereocenters. The van der Waals surface area contributed by atoms with Crippen LogP contribution in [0.3, 0.4) is 0 Å². The first-order chi connectivity index (χ1) is 6.76. The molecule has 0 aliphatic carbocycles. The van der Waals surface area contributed by atoms with E-state index in [1.165, 1.54) is 5.56 Å². The van der Waals surface area contributed by atoms with Crippen molar-refractivity contribution in [3.8, 4) is 0 Å². The lowest BCUT2D eigenvalue weighted by molar-refractivity contribution is 0.211.